The first-order chi connectivity index (χ1) is 13.9. The Labute approximate surface area is 168 Å². The van der Waals surface area contributed by atoms with E-state index in [0.29, 0.717) is 63.2 Å². The molecule has 0 aromatic carbocycles. The first kappa shape index (κ1) is 19.6. The molecule has 2 unspecified atom stereocenters. The Bertz CT molecular complexity index is 951. The molecule has 2 aliphatic heterocycles. The zero-order chi connectivity index (χ0) is 20.7. The fourth-order valence-electron chi connectivity index (χ4n) is 4.49. The zero-order valence-electron chi connectivity index (χ0n) is 17.0. The van der Waals surface area contributed by atoms with Crippen molar-refractivity contribution in [1.82, 2.24) is 20.0 Å². The predicted molar refractivity (Wildman–Crippen MR) is 104 cm³/mol. The smallest absolute Gasteiger partial charge is 0.288 e. The summed E-state index contributed by atoms with van der Waals surface area (Å²) in [5, 5.41) is 3.94. The van der Waals surface area contributed by atoms with Gasteiger partial charge in [-0.15, -0.1) is 0 Å². The first-order valence-electron chi connectivity index (χ1n) is 10.1. The molecule has 0 spiro atoms. The van der Waals surface area contributed by atoms with Crippen molar-refractivity contribution in [2.75, 3.05) is 31.1 Å². The summed E-state index contributed by atoms with van der Waals surface area (Å²) in [4.78, 5) is 35.3. The summed E-state index contributed by atoms with van der Waals surface area (Å²) in [5.74, 6) is 1.21. The van der Waals surface area contributed by atoms with Crippen molar-refractivity contribution in [3.8, 4) is 0 Å². The van der Waals surface area contributed by atoms with Gasteiger partial charge in [0.1, 0.15) is 5.76 Å². The zero-order valence-corrected chi connectivity index (χ0v) is 17.0. The van der Waals surface area contributed by atoms with Gasteiger partial charge in [0.15, 0.2) is 0 Å². The van der Waals surface area contributed by atoms with Crippen LogP contribution in [0.25, 0.3) is 0 Å². The second kappa shape index (κ2) is 7.61. The number of rotatable bonds is 5. The summed E-state index contributed by atoms with van der Waals surface area (Å²) in [6.07, 6.45) is 1.45. The third-order valence-corrected chi connectivity index (χ3v) is 6.16. The van der Waals surface area contributed by atoms with E-state index in [4.69, 9.17) is 4.52 Å². The number of aromatic nitrogens is 3. The van der Waals surface area contributed by atoms with E-state index < -0.39 is 11.4 Å². The average Bonchev–Trinajstić information content (AvgIpc) is 3.36. The fourth-order valence-corrected chi connectivity index (χ4v) is 4.49. The van der Waals surface area contributed by atoms with Gasteiger partial charge < -0.3 is 14.3 Å². The van der Waals surface area contributed by atoms with Gasteiger partial charge in [0.05, 0.1) is 11.4 Å². The van der Waals surface area contributed by atoms with E-state index in [1.54, 1.807) is 6.92 Å². The Morgan fingerprint density at radius 2 is 1.93 bits per heavy atom. The van der Waals surface area contributed by atoms with Crippen LogP contribution in [0.2, 0.25) is 0 Å². The molecule has 2 saturated heterocycles. The number of likely N-dealkylation sites (tertiary alicyclic amines) is 1. The van der Waals surface area contributed by atoms with E-state index in [-0.39, 0.29) is 11.6 Å². The Hall–Kier alpha value is -2.71. The van der Waals surface area contributed by atoms with E-state index in [2.05, 4.69) is 15.1 Å². The van der Waals surface area contributed by atoms with Crippen LogP contribution >= 0.6 is 0 Å². The molecule has 9 heteroatoms. The SMILES string of the molecule is CCc1nc(N2CC3CN(C(=O)CCc4c(C)noc4C)CC3C2)[nH]c(=O)c1F. The molecule has 1 amide bonds. The van der Waals surface area contributed by atoms with Crippen molar-refractivity contribution >= 4 is 11.9 Å². The standard InChI is InChI=1S/C20H26FN5O3/c1-4-16-18(21)19(28)23-20(22-16)26-9-13-7-25(8-14(13)10-26)17(27)6-5-15-11(2)24-29-12(15)3/h13-14H,4-10H2,1-3H3,(H,22,23,28). The van der Waals surface area contributed by atoms with Crippen LogP contribution < -0.4 is 10.5 Å². The number of aromatic amines is 1. The molecule has 2 atom stereocenters. The lowest BCUT2D eigenvalue weighted by Crippen LogP contribution is -2.34. The molecule has 0 saturated carbocycles. The summed E-state index contributed by atoms with van der Waals surface area (Å²) in [6, 6.07) is 0. The monoisotopic (exact) mass is 403 g/mol. The number of halogens is 1. The Balaban J connectivity index is 1.36. The number of hydrogen-bond donors (Lipinski definition) is 1. The summed E-state index contributed by atoms with van der Waals surface area (Å²) >= 11 is 0. The molecule has 2 aliphatic rings. The maximum atomic E-state index is 13.8. The highest BCUT2D eigenvalue weighted by atomic mass is 19.1. The van der Waals surface area contributed by atoms with Gasteiger partial charge in [-0.25, -0.2) is 4.98 Å². The van der Waals surface area contributed by atoms with Crippen LogP contribution in [0.1, 0.15) is 36.1 Å². The van der Waals surface area contributed by atoms with Crippen LogP contribution in [0.4, 0.5) is 10.3 Å². The first-order valence-corrected chi connectivity index (χ1v) is 10.1. The molecule has 0 aliphatic carbocycles. The van der Waals surface area contributed by atoms with E-state index in [9.17, 15) is 14.0 Å². The number of carbonyl (C=O) groups excluding carboxylic acids is 1. The van der Waals surface area contributed by atoms with Crippen LogP contribution in [0, 0.1) is 31.5 Å². The van der Waals surface area contributed by atoms with Crippen LogP contribution in [-0.2, 0) is 17.6 Å². The highest BCUT2D eigenvalue weighted by Gasteiger charge is 2.42. The summed E-state index contributed by atoms with van der Waals surface area (Å²) in [5.41, 5.74) is 1.33. The number of H-pyrrole nitrogens is 1. The van der Waals surface area contributed by atoms with Gasteiger partial charge in [-0.05, 0) is 26.7 Å². The number of nitrogens with one attached hydrogen (secondary N) is 1. The number of hydrogen-bond acceptors (Lipinski definition) is 6. The van der Waals surface area contributed by atoms with Crippen LogP contribution in [0.15, 0.2) is 9.32 Å². The van der Waals surface area contributed by atoms with Gasteiger partial charge in [0, 0.05) is 50.0 Å². The van der Waals surface area contributed by atoms with Crippen molar-refractivity contribution in [3.63, 3.8) is 0 Å². The molecular formula is C20H26FN5O3. The molecule has 8 nitrogen and oxygen atoms in total. The highest BCUT2D eigenvalue weighted by Crippen LogP contribution is 2.33. The van der Waals surface area contributed by atoms with Gasteiger partial charge >= 0.3 is 0 Å². The molecule has 2 fully saturated rings. The number of aryl methyl sites for hydroxylation is 3. The van der Waals surface area contributed by atoms with Crippen molar-refractivity contribution in [2.24, 2.45) is 11.8 Å². The van der Waals surface area contributed by atoms with Crippen molar-refractivity contribution in [2.45, 2.75) is 40.0 Å². The lowest BCUT2D eigenvalue weighted by atomic mass is 10.0. The number of carbonyl (C=O) groups is 1. The third kappa shape index (κ3) is 3.65. The van der Waals surface area contributed by atoms with Gasteiger partial charge in [0.25, 0.3) is 5.56 Å². The molecule has 29 heavy (non-hydrogen) atoms. The van der Waals surface area contributed by atoms with Crippen LogP contribution in [0.5, 0.6) is 0 Å². The minimum absolute atomic E-state index is 0.146. The van der Waals surface area contributed by atoms with Gasteiger partial charge in [0.2, 0.25) is 17.7 Å². The summed E-state index contributed by atoms with van der Waals surface area (Å²) in [6.45, 7) is 8.35. The number of amides is 1. The average molecular weight is 403 g/mol. The molecule has 2 aromatic heterocycles. The minimum atomic E-state index is -0.800. The molecule has 4 rings (SSSR count). The van der Waals surface area contributed by atoms with Crippen molar-refractivity contribution in [3.05, 3.63) is 38.9 Å². The quantitative estimate of drug-likeness (QED) is 0.815. The van der Waals surface area contributed by atoms with E-state index >= 15 is 0 Å². The topological polar surface area (TPSA) is 95.3 Å². The number of nitrogens with zero attached hydrogens (tertiary/aromatic N) is 4. The maximum Gasteiger partial charge on any atom is 0.288 e. The lowest BCUT2D eigenvalue weighted by molar-refractivity contribution is -0.130. The fraction of sp³-hybridized carbons (Fsp3) is 0.600. The lowest BCUT2D eigenvalue weighted by Gasteiger charge is -2.22. The molecular weight excluding hydrogens is 377 g/mol. The summed E-state index contributed by atoms with van der Waals surface area (Å²) < 4.78 is 19.0. The van der Waals surface area contributed by atoms with Gasteiger partial charge in [-0.2, -0.15) is 4.39 Å². The Morgan fingerprint density at radius 1 is 1.24 bits per heavy atom. The molecule has 156 valence electrons. The van der Waals surface area contributed by atoms with E-state index in [1.165, 1.54) is 0 Å². The number of fused-ring (bicyclic) bond motifs is 1. The second-order valence-electron chi connectivity index (χ2n) is 8.03. The van der Waals surface area contributed by atoms with E-state index in [0.717, 1.165) is 17.0 Å². The number of anilines is 1. The van der Waals surface area contributed by atoms with Crippen molar-refractivity contribution in [1.29, 1.82) is 0 Å². The van der Waals surface area contributed by atoms with Gasteiger partial charge in [-0.1, -0.05) is 12.1 Å². The van der Waals surface area contributed by atoms with Crippen molar-refractivity contribution < 1.29 is 13.7 Å². The highest BCUT2D eigenvalue weighted by molar-refractivity contribution is 5.77. The predicted octanol–water partition coefficient (Wildman–Crippen LogP) is 1.60. The molecule has 2 aromatic rings. The normalized spacial score (nSPS) is 21.1. The largest absolute Gasteiger partial charge is 0.361 e. The third-order valence-electron chi connectivity index (χ3n) is 6.16. The van der Waals surface area contributed by atoms with Gasteiger partial charge in [-0.3, -0.25) is 14.6 Å². The second-order valence-corrected chi connectivity index (χ2v) is 8.03. The molecule has 0 radical (unpaired) electrons. The summed E-state index contributed by atoms with van der Waals surface area (Å²) in [7, 11) is 0. The van der Waals surface area contributed by atoms with Crippen LogP contribution in [-0.4, -0.2) is 52.1 Å². The van der Waals surface area contributed by atoms with Crippen LogP contribution in [0.3, 0.4) is 0 Å². The molecule has 0 bridgehead atoms. The van der Waals surface area contributed by atoms with E-state index in [1.807, 2.05) is 23.6 Å². The Kier molecular flexibility index (Phi) is 5.14. The molecule has 1 N–H and O–H groups in total. The maximum absolute atomic E-state index is 13.8. The molecule has 4 heterocycles. The Morgan fingerprint density at radius 3 is 2.52 bits per heavy atom. The minimum Gasteiger partial charge on any atom is -0.361 e.